The highest BCUT2D eigenvalue weighted by Crippen LogP contribution is 2.29. The van der Waals surface area contributed by atoms with E-state index in [1.807, 2.05) is 73.0 Å². The van der Waals surface area contributed by atoms with Crippen molar-refractivity contribution in [3.8, 4) is 0 Å². The Balaban J connectivity index is 1.43. The van der Waals surface area contributed by atoms with Crippen LogP contribution in [0.5, 0.6) is 0 Å². The number of carbonyl (C=O) groups excluding carboxylic acids is 2. The Bertz CT molecular complexity index is 1140. The summed E-state index contributed by atoms with van der Waals surface area (Å²) in [7, 11) is 4.02. The van der Waals surface area contributed by atoms with E-state index in [2.05, 4.69) is 16.3 Å². The molecular formula is C31H46N4O5. The molecular weight excluding hydrogens is 508 g/mol. The van der Waals surface area contributed by atoms with Gasteiger partial charge >= 0.3 is 6.09 Å². The van der Waals surface area contributed by atoms with Crippen molar-refractivity contribution in [3.05, 3.63) is 64.2 Å². The number of piperidine rings is 1. The number of hydrogen-bond acceptors (Lipinski definition) is 7. The van der Waals surface area contributed by atoms with E-state index in [1.54, 1.807) is 4.90 Å². The van der Waals surface area contributed by atoms with Gasteiger partial charge in [0.2, 0.25) is 5.91 Å². The Morgan fingerprint density at radius 1 is 1.12 bits per heavy atom. The highest BCUT2D eigenvalue weighted by atomic mass is 16.6. The maximum atomic E-state index is 12.5. The van der Waals surface area contributed by atoms with E-state index in [-0.39, 0.29) is 24.7 Å². The van der Waals surface area contributed by atoms with E-state index in [1.165, 1.54) is 0 Å². The zero-order valence-electron chi connectivity index (χ0n) is 25.1. The average molecular weight is 555 g/mol. The second kappa shape index (κ2) is 13.7. The van der Waals surface area contributed by atoms with Gasteiger partial charge in [-0.3, -0.25) is 4.79 Å². The third-order valence-electron chi connectivity index (χ3n) is 7.49. The molecule has 0 spiro atoms. The number of nitrogens with one attached hydrogen (secondary N) is 1. The number of allylic oxidation sites excluding steroid dienone is 3. The molecule has 3 rings (SSSR count). The fourth-order valence-electron chi connectivity index (χ4n) is 4.56. The maximum Gasteiger partial charge on any atom is 0.410 e. The summed E-state index contributed by atoms with van der Waals surface area (Å²) in [4.78, 5) is 28.6. The molecule has 2 aliphatic rings. The number of amides is 2. The molecule has 1 aliphatic heterocycles. The highest BCUT2D eigenvalue weighted by molar-refractivity contribution is 5.91. The lowest BCUT2D eigenvalue weighted by atomic mass is 10.1. The predicted molar refractivity (Wildman–Crippen MR) is 157 cm³/mol. The summed E-state index contributed by atoms with van der Waals surface area (Å²) in [5, 5.41) is 2.88. The van der Waals surface area contributed by atoms with Crippen molar-refractivity contribution in [2.75, 3.05) is 39.1 Å². The van der Waals surface area contributed by atoms with Gasteiger partial charge in [-0.05, 0) is 82.2 Å². The first-order valence-electron chi connectivity index (χ1n) is 14.1. The fraction of sp³-hybridized carbons (Fsp3) is 0.548. The molecule has 0 unspecified atom stereocenters. The lowest BCUT2D eigenvalue weighted by Crippen LogP contribution is -2.44. The summed E-state index contributed by atoms with van der Waals surface area (Å²) >= 11 is 0. The van der Waals surface area contributed by atoms with Crippen LogP contribution in [0.15, 0.2) is 58.6 Å². The predicted octanol–water partition coefficient (Wildman–Crippen LogP) is 5.30. The molecule has 220 valence electrons. The van der Waals surface area contributed by atoms with Crippen LogP contribution < -0.4 is 11.1 Å². The molecule has 1 aliphatic carbocycles. The van der Waals surface area contributed by atoms with Gasteiger partial charge < -0.3 is 35.1 Å². The number of nitrogens with two attached hydrogens (primary N) is 1. The SMILES string of the molecule is CCC(C)(C)OC(=O)N1CCC(OCC(=O)Nc2ccc(COC3=C(C)CC=C(N(C)C)C(C)=C3N)cc2)CC1. The summed E-state index contributed by atoms with van der Waals surface area (Å²) < 4.78 is 17.5. The topological polar surface area (TPSA) is 106 Å². The number of rotatable bonds is 10. The van der Waals surface area contributed by atoms with Crippen LogP contribution in [-0.4, -0.2) is 67.3 Å². The number of benzene rings is 1. The summed E-state index contributed by atoms with van der Waals surface area (Å²) in [6, 6.07) is 7.55. The zero-order chi connectivity index (χ0) is 29.4. The molecule has 9 heteroatoms. The van der Waals surface area contributed by atoms with Crippen LogP contribution in [0.2, 0.25) is 0 Å². The number of likely N-dealkylation sites (N-methyl/N-ethyl adjacent to an activating group) is 1. The van der Waals surface area contributed by atoms with Crippen LogP contribution in [0.25, 0.3) is 0 Å². The van der Waals surface area contributed by atoms with Gasteiger partial charge in [0.15, 0.2) is 0 Å². The van der Waals surface area contributed by atoms with Crippen molar-refractivity contribution in [2.45, 2.75) is 78.6 Å². The van der Waals surface area contributed by atoms with Crippen molar-refractivity contribution in [2.24, 2.45) is 5.73 Å². The minimum absolute atomic E-state index is 0.0375. The molecule has 1 fully saturated rings. The minimum atomic E-state index is -0.475. The van der Waals surface area contributed by atoms with Gasteiger partial charge in [0.25, 0.3) is 0 Å². The van der Waals surface area contributed by atoms with Crippen LogP contribution >= 0.6 is 0 Å². The maximum absolute atomic E-state index is 12.5. The largest absolute Gasteiger partial charge is 0.487 e. The van der Waals surface area contributed by atoms with Crippen molar-refractivity contribution < 1.29 is 23.8 Å². The van der Waals surface area contributed by atoms with Crippen LogP contribution in [0.4, 0.5) is 10.5 Å². The quantitative estimate of drug-likeness (QED) is 0.404. The van der Waals surface area contributed by atoms with Crippen LogP contribution in [0.3, 0.4) is 0 Å². The lowest BCUT2D eigenvalue weighted by molar-refractivity contribution is -0.123. The van der Waals surface area contributed by atoms with Gasteiger partial charge in [-0.25, -0.2) is 4.79 Å². The average Bonchev–Trinajstić information content (AvgIpc) is 3.02. The summed E-state index contributed by atoms with van der Waals surface area (Å²) in [6.07, 6.45) is 4.69. The normalized spacial score (nSPS) is 16.9. The molecule has 2 amide bonds. The summed E-state index contributed by atoms with van der Waals surface area (Å²) in [6.45, 7) is 11.3. The Morgan fingerprint density at radius 2 is 1.77 bits per heavy atom. The van der Waals surface area contributed by atoms with Crippen molar-refractivity contribution in [1.82, 2.24) is 9.80 Å². The van der Waals surface area contributed by atoms with E-state index >= 15 is 0 Å². The molecule has 1 heterocycles. The zero-order valence-corrected chi connectivity index (χ0v) is 25.1. The fourth-order valence-corrected chi connectivity index (χ4v) is 4.56. The van der Waals surface area contributed by atoms with E-state index in [9.17, 15) is 9.59 Å². The van der Waals surface area contributed by atoms with Gasteiger partial charge in [0, 0.05) is 38.6 Å². The third-order valence-corrected chi connectivity index (χ3v) is 7.49. The molecule has 0 saturated carbocycles. The number of anilines is 1. The molecule has 0 aromatic heterocycles. The van der Waals surface area contributed by atoms with Gasteiger partial charge in [-0.1, -0.05) is 25.1 Å². The van der Waals surface area contributed by atoms with Crippen molar-refractivity contribution >= 4 is 17.7 Å². The van der Waals surface area contributed by atoms with E-state index in [0.29, 0.717) is 43.9 Å². The molecule has 40 heavy (non-hydrogen) atoms. The molecule has 1 aromatic rings. The van der Waals surface area contributed by atoms with E-state index in [0.717, 1.165) is 41.0 Å². The van der Waals surface area contributed by atoms with Crippen LogP contribution in [-0.2, 0) is 25.6 Å². The van der Waals surface area contributed by atoms with Gasteiger partial charge in [-0.15, -0.1) is 0 Å². The van der Waals surface area contributed by atoms with Crippen LogP contribution in [0.1, 0.15) is 65.9 Å². The molecule has 0 bridgehead atoms. The lowest BCUT2D eigenvalue weighted by Gasteiger charge is -2.34. The number of likely N-dealkylation sites (tertiary alicyclic amines) is 1. The smallest absolute Gasteiger partial charge is 0.410 e. The van der Waals surface area contributed by atoms with Crippen LogP contribution in [0, 0.1) is 0 Å². The first-order chi connectivity index (χ1) is 18.9. The Morgan fingerprint density at radius 3 is 2.38 bits per heavy atom. The van der Waals surface area contributed by atoms with Gasteiger partial charge in [0.05, 0.1) is 11.8 Å². The Kier molecular flexibility index (Phi) is 10.7. The molecule has 1 saturated heterocycles. The molecule has 0 radical (unpaired) electrons. The van der Waals surface area contributed by atoms with E-state index in [4.69, 9.17) is 19.9 Å². The van der Waals surface area contributed by atoms with Gasteiger partial charge in [-0.2, -0.15) is 0 Å². The Labute approximate surface area is 239 Å². The second-order valence-electron chi connectivity index (χ2n) is 11.3. The standard InChI is InChI=1S/C31H46N4O5/c1-8-31(4,5)40-30(37)35-17-15-25(16-18-35)38-20-27(36)33-24-12-10-23(11-13-24)19-39-29-21(2)9-14-26(34(6)7)22(3)28(29)32/h10-14,25H,8-9,15-20,32H2,1-7H3,(H,33,36). The number of hydrogen-bond donors (Lipinski definition) is 2. The first-order valence-corrected chi connectivity index (χ1v) is 14.1. The van der Waals surface area contributed by atoms with Crippen molar-refractivity contribution in [3.63, 3.8) is 0 Å². The first kappa shape index (κ1) is 31.1. The number of nitrogens with zero attached hydrogens (tertiary/aromatic N) is 2. The Hall–Kier alpha value is -3.46. The highest BCUT2D eigenvalue weighted by Gasteiger charge is 2.28. The summed E-state index contributed by atoms with van der Waals surface area (Å²) in [5.41, 5.74) is 11.5. The molecule has 0 atom stereocenters. The second-order valence-corrected chi connectivity index (χ2v) is 11.3. The molecule has 1 aromatic carbocycles. The number of carbonyl (C=O) groups is 2. The molecule has 3 N–H and O–H groups in total. The number of ether oxygens (including phenoxy) is 3. The van der Waals surface area contributed by atoms with Gasteiger partial charge in [0.1, 0.15) is 24.6 Å². The molecule has 9 nitrogen and oxygen atoms in total. The monoisotopic (exact) mass is 554 g/mol. The minimum Gasteiger partial charge on any atom is -0.487 e. The summed E-state index contributed by atoms with van der Waals surface area (Å²) in [5.74, 6) is 0.514. The van der Waals surface area contributed by atoms with E-state index < -0.39 is 5.60 Å². The van der Waals surface area contributed by atoms with Crippen molar-refractivity contribution in [1.29, 1.82) is 0 Å². The third kappa shape index (κ3) is 8.52.